The third kappa shape index (κ3) is 4.09. The van der Waals surface area contributed by atoms with Crippen LogP contribution in [0, 0.1) is 10.1 Å². The van der Waals surface area contributed by atoms with E-state index in [1.807, 2.05) is 13.8 Å². The van der Waals surface area contributed by atoms with E-state index >= 15 is 0 Å². The van der Waals surface area contributed by atoms with Gasteiger partial charge in [-0.2, -0.15) is 5.10 Å². The first-order valence-corrected chi connectivity index (χ1v) is 10.6. The topological polar surface area (TPSA) is 94.7 Å². The predicted octanol–water partition coefficient (Wildman–Crippen LogP) is 3.61. The lowest BCUT2D eigenvalue weighted by Crippen LogP contribution is -2.45. The maximum atomic E-state index is 12.7. The van der Waals surface area contributed by atoms with E-state index in [0.29, 0.717) is 29.6 Å². The summed E-state index contributed by atoms with van der Waals surface area (Å²) in [6, 6.07) is 6.45. The number of benzene rings is 1. The largest absolute Gasteiger partial charge is 0.323 e. The van der Waals surface area contributed by atoms with Crippen LogP contribution in [0.25, 0.3) is 6.08 Å². The van der Waals surface area contributed by atoms with Gasteiger partial charge in [-0.15, -0.1) is 6.58 Å². The minimum atomic E-state index is -0.416. The van der Waals surface area contributed by atoms with Gasteiger partial charge in [-0.05, 0) is 32.1 Å². The van der Waals surface area contributed by atoms with E-state index in [9.17, 15) is 14.9 Å². The lowest BCUT2D eigenvalue weighted by atomic mass is 10.2. The fraction of sp³-hybridized carbons (Fsp3) is 0.350. The Morgan fingerprint density at radius 2 is 2.03 bits per heavy atom. The molecule has 9 nitrogen and oxygen atoms in total. The summed E-state index contributed by atoms with van der Waals surface area (Å²) in [5.41, 5.74) is 0.524. The van der Waals surface area contributed by atoms with E-state index in [1.165, 1.54) is 17.8 Å². The van der Waals surface area contributed by atoms with Gasteiger partial charge in [0.25, 0.3) is 5.69 Å². The lowest BCUT2D eigenvalue weighted by molar-refractivity contribution is -0.385. The van der Waals surface area contributed by atoms with Crippen molar-refractivity contribution in [1.82, 2.24) is 14.8 Å². The summed E-state index contributed by atoms with van der Waals surface area (Å²) in [7, 11) is 0. The van der Waals surface area contributed by atoms with Crippen molar-refractivity contribution < 1.29 is 9.72 Å². The van der Waals surface area contributed by atoms with E-state index in [-0.39, 0.29) is 24.1 Å². The molecule has 0 bridgehead atoms. The Bertz CT molecular complexity index is 916. The Kier molecular flexibility index (Phi) is 6.88. The Labute approximate surface area is 179 Å². The molecular formula is C20H24N6O3S. The maximum absolute atomic E-state index is 12.7. The van der Waals surface area contributed by atoms with Crippen LogP contribution < -0.4 is 0 Å². The van der Waals surface area contributed by atoms with Gasteiger partial charge in [-0.1, -0.05) is 30.0 Å². The van der Waals surface area contributed by atoms with Crippen LogP contribution in [-0.4, -0.2) is 68.3 Å². The van der Waals surface area contributed by atoms with E-state index in [1.54, 1.807) is 57.5 Å². The predicted molar refractivity (Wildman–Crippen MR) is 120 cm³/mol. The van der Waals surface area contributed by atoms with Crippen LogP contribution in [0.3, 0.4) is 0 Å². The highest BCUT2D eigenvalue weighted by atomic mass is 32.2. The summed E-state index contributed by atoms with van der Waals surface area (Å²) in [5.74, 6) is 0.669. The molecular weight excluding hydrogens is 404 g/mol. The number of carbonyl (C=O) groups is 1. The summed E-state index contributed by atoms with van der Waals surface area (Å²) in [6.07, 6.45) is 6.01. The molecule has 2 amide bonds. The van der Waals surface area contributed by atoms with Crippen molar-refractivity contribution >= 4 is 40.9 Å². The second-order valence-electron chi connectivity index (χ2n) is 6.48. The van der Waals surface area contributed by atoms with Crippen LogP contribution in [0.4, 0.5) is 10.5 Å². The number of hydrazone groups is 1. The second-order valence-corrected chi connectivity index (χ2v) is 7.46. The quantitative estimate of drug-likeness (QED) is 0.273. The molecule has 2 aliphatic rings. The second kappa shape index (κ2) is 9.57. The molecule has 30 heavy (non-hydrogen) atoms. The van der Waals surface area contributed by atoms with Crippen molar-refractivity contribution in [3.05, 3.63) is 58.7 Å². The number of amidine groups is 1. The number of hydrogen-bond acceptors (Lipinski definition) is 7. The summed E-state index contributed by atoms with van der Waals surface area (Å²) in [5, 5.41) is 18.2. The smallest absolute Gasteiger partial charge is 0.299 e. The first kappa shape index (κ1) is 21.6. The average Bonchev–Trinajstić information content (AvgIpc) is 3.21. The number of hydrogen-bond donors (Lipinski definition) is 0. The number of rotatable bonds is 8. The zero-order valence-corrected chi connectivity index (χ0v) is 17.7. The van der Waals surface area contributed by atoms with Crippen molar-refractivity contribution in [3.8, 4) is 0 Å². The number of nitro groups is 1. The van der Waals surface area contributed by atoms with Gasteiger partial charge in [0.1, 0.15) is 0 Å². The highest BCUT2D eigenvalue weighted by molar-refractivity contribution is 8.13. The zero-order chi connectivity index (χ0) is 21.7. The molecule has 1 saturated heterocycles. The van der Waals surface area contributed by atoms with Gasteiger partial charge in [0.2, 0.25) is 0 Å². The van der Waals surface area contributed by atoms with Gasteiger partial charge in [0.15, 0.2) is 17.5 Å². The molecule has 0 spiro atoms. The Balaban J connectivity index is 1.85. The number of fused-ring (bicyclic) bond motifs is 1. The molecule has 0 saturated carbocycles. The van der Waals surface area contributed by atoms with Gasteiger partial charge >= 0.3 is 6.03 Å². The van der Waals surface area contributed by atoms with Crippen LogP contribution in [0.1, 0.15) is 19.4 Å². The monoisotopic (exact) mass is 428 g/mol. The molecule has 0 aliphatic carbocycles. The minimum absolute atomic E-state index is 0.0318. The third-order valence-electron chi connectivity index (χ3n) is 4.78. The number of nitrogens with zero attached hydrogens (tertiary/aromatic N) is 6. The number of likely N-dealkylation sites (N-methyl/N-ethyl adjacent to an activating group) is 2. The van der Waals surface area contributed by atoms with E-state index in [4.69, 9.17) is 4.99 Å². The lowest BCUT2D eigenvalue weighted by Gasteiger charge is -2.27. The van der Waals surface area contributed by atoms with Crippen molar-refractivity contribution in [2.45, 2.75) is 26.2 Å². The number of para-hydroxylation sites is 1. The number of aliphatic imine (C=N–C) groups is 1. The first-order chi connectivity index (χ1) is 14.5. The molecule has 2 unspecified atom stereocenters. The Hall–Kier alpha value is -3.14. The van der Waals surface area contributed by atoms with Crippen LogP contribution >= 0.6 is 11.8 Å². The molecule has 3 rings (SSSR count). The highest BCUT2D eigenvalue weighted by Crippen LogP contribution is 2.34. The van der Waals surface area contributed by atoms with Gasteiger partial charge in [-0.25, -0.2) is 14.8 Å². The average molecular weight is 429 g/mol. The standard InChI is InChI=1S/C20H24N6O3S/c1-4-14-30-19-22-17-18(24(6-3)20(27)23(17)5-2)25(19)21-13-9-11-15-10-7-8-12-16(15)26(28)29/h4,7-13,17-18H,1,5-6,14H2,2-3H3/b11-9+,21-13+. The molecule has 1 fully saturated rings. The molecule has 10 heteroatoms. The normalized spacial score (nSPS) is 21.1. The number of carbonyl (C=O) groups excluding carboxylic acids is 1. The number of nitro benzene ring substituents is 1. The van der Waals surface area contributed by atoms with Crippen molar-refractivity contribution in [2.24, 2.45) is 10.1 Å². The first-order valence-electron chi connectivity index (χ1n) is 9.65. The maximum Gasteiger partial charge on any atom is 0.323 e. The molecule has 0 N–H and O–H groups in total. The van der Waals surface area contributed by atoms with E-state index in [2.05, 4.69) is 11.7 Å². The van der Waals surface area contributed by atoms with Crippen LogP contribution in [0.2, 0.25) is 0 Å². The third-order valence-corrected chi connectivity index (χ3v) is 5.74. The van der Waals surface area contributed by atoms with Crippen LogP contribution in [-0.2, 0) is 0 Å². The van der Waals surface area contributed by atoms with E-state index in [0.717, 1.165) is 0 Å². The summed E-state index contributed by atoms with van der Waals surface area (Å²) >= 11 is 1.50. The van der Waals surface area contributed by atoms with Crippen LogP contribution in [0.15, 0.2) is 53.1 Å². The van der Waals surface area contributed by atoms with Crippen LogP contribution in [0.5, 0.6) is 0 Å². The molecule has 158 valence electrons. The van der Waals surface area contributed by atoms with E-state index < -0.39 is 4.92 Å². The molecule has 2 heterocycles. The number of amides is 2. The van der Waals surface area contributed by atoms with Crippen molar-refractivity contribution in [2.75, 3.05) is 18.8 Å². The summed E-state index contributed by atoms with van der Waals surface area (Å²) < 4.78 is 0. The minimum Gasteiger partial charge on any atom is -0.299 e. The van der Waals surface area contributed by atoms with Gasteiger partial charge < -0.3 is 0 Å². The fourth-order valence-electron chi connectivity index (χ4n) is 3.44. The summed E-state index contributed by atoms with van der Waals surface area (Å²) in [4.78, 5) is 31.6. The van der Waals surface area contributed by atoms with Crippen molar-refractivity contribution in [1.29, 1.82) is 0 Å². The number of allylic oxidation sites excluding steroid dienone is 1. The molecule has 0 radical (unpaired) electrons. The fourth-order valence-corrected chi connectivity index (χ4v) is 4.18. The molecule has 0 aromatic heterocycles. The molecule has 1 aromatic carbocycles. The van der Waals surface area contributed by atoms with Gasteiger partial charge in [0, 0.05) is 31.1 Å². The molecule has 2 aliphatic heterocycles. The summed E-state index contributed by atoms with van der Waals surface area (Å²) in [6.45, 7) is 8.72. The molecule has 2 atom stereocenters. The van der Waals surface area contributed by atoms with Crippen molar-refractivity contribution in [3.63, 3.8) is 0 Å². The highest BCUT2D eigenvalue weighted by Gasteiger charge is 2.52. The SMILES string of the molecule is C=CCSC1=NC2C(N(CC)C(=O)N2CC)N1/N=C/C=C/c1ccccc1[N+](=O)[O-]. The van der Waals surface area contributed by atoms with Gasteiger partial charge in [-0.3, -0.25) is 19.9 Å². The zero-order valence-electron chi connectivity index (χ0n) is 16.9. The number of urea groups is 1. The number of thioether (sulfide) groups is 1. The molecule has 1 aromatic rings. The van der Waals surface area contributed by atoms with Gasteiger partial charge in [0.05, 0.1) is 10.5 Å². The Morgan fingerprint density at radius 3 is 2.70 bits per heavy atom. The Morgan fingerprint density at radius 1 is 1.30 bits per heavy atom.